The standard InChI is InChI=1S/C13H20N2/c1-11(12-6-4-3-5-7-12)15-9-8-13(2,14)10-15/h3-7,11H,8-10,14H2,1-2H3. The van der Waals surface area contributed by atoms with Gasteiger partial charge < -0.3 is 5.73 Å². The van der Waals surface area contributed by atoms with Crippen molar-refractivity contribution in [1.29, 1.82) is 0 Å². The summed E-state index contributed by atoms with van der Waals surface area (Å²) < 4.78 is 0. The first-order valence-corrected chi connectivity index (χ1v) is 5.66. The van der Waals surface area contributed by atoms with Crippen LogP contribution in [0.1, 0.15) is 31.9 Å². The number of hydrogen-bond acceptors (Lipinski definition) is 2. The zero-order chi connectivity index (χ0) is 10.9. The molecule has 1 aromatic rings. The van der Waals surface area contributed by atoms with E-state index >= 15 is 0 Å². The van der Waals surface area contributed by atoms with Crippen LogP contribution in [0, 0.1) is 0 Å². The number of likely N-dealkylation sites (tertiary alicyclic amines) is 1. The maximum Gasteiger partial charge on any atom is 0.0320 e. The van der Waals surface area contributed by atoms with Gasteiger partial charge in [-0.25, -0.2) is 0 Å². The van der Waals surface area contributed by atoms with Gasteiger partial charge in [-0.1, -0.05) is 30.3 Å². The molecule has 1 aromatic carbocycles. The molecule has 1 saturated heterocycles. The monoisotopic (exact) mass is 204 g/mol. The molecule has 2 rings (SSSR count). The molecule has 2 atom stereocenters. The van der Waals surface area contributed by atoms with E-state index in [0.29, 0.717) is 6.04 Å². The van der Waals surface area contributed by atoms with Gasteiger partial charge in [0.15, 0.2) is 0 Å². The summed E-state index contributed by atoms with van der Waals surface area (Å²) in [6.07, 6.45) is 1.10. The first kappa shape index (κ1) is 10.7. The molecule has 15 heavy (non-hydrogen) atoms. The van der Waals surface area contributed by atoms with Crippen LogP contribution >= 0.6 is 0 Å². The molecule has 2 unspecified atom stereocenters. The SMILES string of the molecule is CC(c1ccccc1)N1CCC(C)(N)C1. The predicted octanol–water partition coefficient (Wildman–Crippen LogP) is 2.17. The van der Waals surface area contributed by atoms with E-state index in [4.69, 9.17) is 5.73 Å². The zero-order valence-electron chi connectivity index (χ0n) is 9.61. The lowest BCUT2D eigenvalue weighted by atomic mass is 10.0. The van der Waals surface area contributed by atoms with Crippen LogP contribution in [0.15, 0.2) is 30.3 Å². The molecular formula is C13H20N2. The highest BCUT2D eigenvalue weighted by atomic mass is 15.2. The fraction of sp³-hybridized carbons (Fsp3) is 0.538. The molecule has 0 radical (unpaired) electrons. The van der Waals surface area contributed by atoms with Crippen LogP contribution in [0.25, 0.3) is 0 Å². The topological polar surface area (TPSA) is 29.3 Å². The van der Waals surface area contributed by atoms with E-state index in [0.717, 1.165) is 19.5 Å². The van der Waals surface area contributed by atoms with Gasteiger partial charge in [0, 0.05) is 24.7 Å². The zero-order valence-corrected chi connectivity index (χ0v) is 9.61. The van der Waals surface area contributed by atoms with Crippen LogP contribution in [-0.2, 0) is 0 Å². The van der Waals surface area contributed by atoms with Gasteiger partial charge in [-0.2, -0.15) is 0 Å². The minimum atomic E-state index is 0.00302. The van der Waals surface area contributed by atoms with E-state index < -0.39 is 0 Å². The highest BCUT2D eigenvalue weighted by molar-refractivity contribution is 5.19. The molecule has 0 aromatic heterocycles. The Morgan fingerprint density at radius 2 is 2.00 bits per heavy atom. The molecule has 0 amide bonds. The van der Waals surface area contributed by atoms with Crippen molar-refractivity contribution in [3.8, 4) is 0 Å². The van der Waals surface area contributed by atoms with Gasteiger partial charge >= 0.3 is 0 Å². The Labute approximate surface area is 92.1 Å². The lowest BCUT2D eigenvalue weighted by Gasteiger charge is -2.26. The maximum atomic E-state index is 6.14. The highest BCUT2D eigenvalue weighted by Crippen LogP contribution is 2.27. The fourth-order valence-corrected chi connectivity index (χ4v) is 2.29. The average Bonchev–Trinajstić information content (AvgIpc) is 2.59. The van der Waals surface area contributed by atoms with Crippen molar-refractivity contribution in [2.45, 2.75) is 31.8 Å². The van der Waals surface area contributed by atoms with Gasteiger partial charge in [-0.05, 0) is 25.8 Å². The van der Waals surface area contributed by atoms with Crippen molar-refractivity contribution >= 4 is 0 Å². The molecule has 1 heterocycles. The Hall–Kier alpha value is -0.860. The molecule has 0 aliphatic carbocycles. The van der Waals surface area contributed by atoms with Crippen LogP contribution in [0.4, 0.5) is 0 Å². The Bertz CT molecular complexity index is 319. The second kappa shape index (κ2) is 3.95. The first-order chi connectivity index (χ1) is 7.08. The van der Waals surface area contributed by atoms with E-state index in [1.165, 1.54) is 5.56 Å². The highest BCUT2D eigenvalue weighted by Gasteiger charge is 2.32. The normalized spacial score (nSPS) is 29.3. The molecule has 0 saturated carbocycles. The largest absolute Gasteiger partial charge is 0.324 e. The fourth-order valence-electron chi connectivity index (χ4n) is 2.29. The molecule has 1 aliphatic heterocycles. The third kappa shape index (κ3) is 2.39. The smallest absolute Gasteiger partial charge is 0.0320 e. The van der Waals surface area contributed by atoms with Gasteiger partial charge in [0.1, 0.15) is 0 Å². The molecule has 1 fully saturated rings. The average molecular weight is 204 g/mol. The van der Waals surface area contributed by atoms with Crippen LogP contribution in [-0.4, -0.2) is 23.5 Å². The van der Waals surface area contributed by atoms with Gasteiger partial charge in [-0.15, -0.1) is 0 Å². The number of nitrogens with two attached hydrogens (primary N) is 1. The van der Waals surface area contributed by atoms with Crippen LogP contribution < -0.4 is 5.73 Å². The Kier molecular flexibility index (Phi) is 2.81. The van der Waals surface area contributed by atoms with Crippen molar-refractivity contribution in [3.05, 3.63) is 35.9 Å². The van der Waals surface area contributed by atoms with Gasteiger partial charge in [0.25, 0.3) is 0 Å². The number of benzene rings is 1. The van der Waals surface area contributed by atoms with E-state index in [1.807, 2.05) is 0 Å². The third-order valence-electron chi connectivity index (χ3n) is 3.36. The maximum absolute atomic E-state index is 6.14. The number of hydrogen-bond donors (Lipinski definition) is 1. The molecule has 1 aliphatic rings. The number of nitrogens with zero attached hydrogens (tertiary/aromatic N) is 1. The lowest BCUT2D eigenvalue weighted by Crippen LogP contribution is -2.39. The van der Waals surface area contributed by atoms with Crippen molar-refractivity contribution in [2.75, 3.05) is 13.1 Å². The third-order valence-corrected chi connectivity index (χ3v) is 3.36. The van der Waals surface area contributed by atoms with Crippen LogP contribution in [0.3, 0.4) is 0 Å². The Morgan fingerprint density at radius 3 is 2.53 bits per heavy atom. The summed E-state index contributed by atoms with van der Waals surface area (Å²) in [5.74, 6) is 0. The van der Waals surface area contributed by atoms with Crippen molar-refractivity contribution in [2.24, 2.45) is 5.73 Å². The molecule has 2 nitrogen and oxygen atoms in total. The van der Waals surface area contributed by atoms with Gasteiger partial charge in [0.05, 0.1) is 0 Å². The molecule has 2 N–H and O–H groups in total. The second-order valence-corrected chi connectivity index (χ2v) is 4.96. The summed E-state index contributed by atoms with van der Waals surface area (Å²) in [4.78, 5) is 2.47. The summed E-state index contributed by atoms with van der Waals surface area (Å²) in [6.45, 7) is 6.52. The Morgan fingerprint density at radius 1 is 1.33 bits per heavy atom. The summed E-state index contributed by atoms with van der Waals surface area (Å²) in [6, 6.07) is 11.1. The Balaban J connectivity index is 2.07. The van der Waals surface area contributed by atoms with Crippen molar-refractivity contribution in [1.82, 2.24) is 4.90 Å². The van der Waals surface area contributed by atoms with Crippen molar-refractivity contribution < 1.29 is 0 Å². The molecular weight excluding hydrogens is 184 g/mol. The van der Waals surface area contributed by atoms with E-state index in [-0.39, 0.29) is 5.54 Å². The quantitative estimate of drug-likeness (QED) is 0.800. The van der Waals surface area contributed by atoms with Gasteiger partial charge in [0.2, 0.25) is 0 Å². The lowest BCUT2D eigenvalue weighted by molar-refractivity contribution is 0.248. The summed E-state index contributed by atoms with van der Waals surface area (Å²) in [7, 11) is 0. The van der Waals surface area contributed by atoms with E-state index in [1.54, 1.807) is 0 Å². The van der Waals surface area contributed by atoms with Crippen molar-refractivity contribution in [3.63, 3.8) is 0 Å². The molecule has 82 valence electrons. The van der Waals surface area contributed by atoms with E-state index in [2.05, 4.69) is 49.1 Å². The second-order valence-electron chi connectivity index (χ2n) is 4.96. The molecule has 0 spiro atoms. The summed E-state index contributed by atoms with van der Waals surface area (Å²) in [5, 5.41) is 0. The minimum absolute atomic E-state index is 0.00302. The van der Waals surface area contributed by atoms with Crippen LogP contribution in [0.5, 0.6) is 0 Å². The van der Waals surface area contributed by atoms with Gasteiger partial charge in [-0.3, -0.25) is 4.90 Å². The minimum Gasteiger partial charge on any atom is -0.324 e. The summed E-state index contributed by atoms with van der Waals surface area (Å²) in [5.41, 5.74) is 7.53. The molecule has 2 heteroatoms. The molecule has 0 bridgehead atoms. The predicted molar refractivity (Wildman–Crippen MR) is 63.6 cm³/mol. The van der Waals surface area contributed by atoms with E-state index in [9.17, 15) is 0 Å². The first-order valence-electron chi connectivity index (χ1n) is 5.66. The summed E-state index contributed by atoms with van der Waals surface area (Å²) >= 11 is 0. The van der Waals surface area contributed by atoms with Crippen LogP contribution in [0.2, 0.25) is 0 Å². The number of rotatable bonds is 2.